The van der Waals surface area contributed by atoms with Gasteiger partial charge in [0.05, 0.1) is 11.9 Å². The summed E-state index contributed by atoms with van der Waals surface area (Å²) in [5, 5.41) is 11.9. The SMILES string of the molecule is OC(c1ccccn1)(c1cnccn1)c1ccccc1-c1ccccc1.[Br][Ni][Br]. The predicted octanol–water partition coefficient (Wildman–Crippen LogP) is 5.51. The Balaban J connectivity index is 0.000000755. The fourth-order valence-electron chi connectivity index (χ4n) is 3.14. The van der Waals surface area contributed by atoms with Crippen LogP contribution in [0.2, 0.25) is 0 Å². The molecule has 0 amide bonds. The summed E-state index contributed by atoms with van der Waals surface area (Å²) in [5.41, 5.74) is 2.08. The van der Waals surface area contributed by atoms with Gasteiger partial charge in [-0.1, -0.05) is 60.7 Å². The van der Waals surface area contributed by atoms with Gasteiger partial charge in [0.2, 0.25) is 0 Å². The predicted molar refractivity (Wildman–Crippen MR) is 118 cm³/mol. The Kier molecular flexibility index (Phi) is 8.07. The van der Waals surface area contributed by atoms with Crippen LogP contribution in [0.25, 0.3) is 11.1 Å². The van der Waals surface area contributed by atoms with Crippen molar-refractivity contribution in [2.75, 3.05) is 0 Å². The molecule has 0 aliphatic carbocycles. The maximum absolute atomic E-state index is 11.9. The number of aliphatic hydroxyl groups is 1. The zero-order chi connectivity index (χ0) is 20.5. The quantitative estimate of drug-likeness (QED) is 0.336. The first-order chi connectivity index (χ1) is 14.2. The Morgan fingerprint density at radius 1 is 0.724 bits per heavy atom. The van der Waals surface area contributed by atoms with Gasteiger partial charge >= 0.3 is 39.3 Å². The summed E-state index contributed by atoms with van der Waals surface area (Å²) in [5.74, 6) is 0. The molecule has 0 fully saturated rings. The van der Waals surface area contributed by atoms with E-state index in [0.717, 1.165) is 11.1 Å². The van der Waals surface area contributed by atoms with E-state index in [1.165, 1.54) is 10.9 Å². The molecule has 1 unspecified atom stereocenters. The van der Waals surface area contributed by atoms with E-state index in [0.29, 0.717) is 17.0 Å². The van der Waals surface area contributed by atoms with E-state index in [4.69, 9.17) is 0 Å². The van der Waals surface area contributed by atoms with Gasteiger partial charge in [0.15, 0.2) is 5.60 Å². The topological polar surface area (TPSA) is 58.9 Å². The van der Waals surface area contributed by atoms with Crippen LogP contribution >= 0.6 is 28.5 Å². The molecule has 4 nitrogen and oxygen atoms in total. The average molecular weight is 558 g/mol. The summed E-state index contributed by atoms with van der Waals surface area (Å²) in [6.07, 6.45) is 6.41. The monoisotopic (exact) mass is 555 g/mol. The molecule has 0 radical (unpaired) electrons. The number of rotatable bonds is 4. The fraction of sp³-hybridized carbons (Fsp3) is 0.0455. The Labute approximate surface area is 189 Å². The molecule has 0 saturated heterocycles. The summed E-state index contributed by atoms with van der Waals surface area (Å²) in [6, 6.07) is 23.2. The summed E-state index contributed by atoms with van der Waals surface area (Å²) in [7, 11) is 1.25. The molecule has 150 valence electrons. The van der Waals surface area contributed by atoms with Crippen LogP contribution in [0.5, 0.6) is 0 Å². The van der Waals surface area contributed by atoms with Crippen LogP contribution in [-0.2, 0) is 16.5 Å². The molecule has 0 bridgehead atoms. The number of hydrogen-bond donors (Lipinski definition) is 1. The molecule has 0 aliphatic rings. The summed E-state index contributed by atoms with van der Waals surface area (Å²) >= 11 is 6.00. The number of aromatic nitrogens is 3. The Bertz CT molecular complexity index is 982. The van der Waals surface area contributed by atoms with Gasteiger partial charge in [0.25, 0.3) is 0 Å². The van der Waals surface area contributed by atoms with Gasteiger partial charge in [-0.15, -0.1) is 0 Å². The Hall–Kier alpha value is -1.92. The van der Waals surface area contributed by atoms with E-state index in [1.54, 1.807) is 30.9 Å². The summed E-state index contributed by atoms with van der Waals surface area (Å²) < 4.78 is 0. The van der Waals surface area contributed by atoms with Crippen molar-refractivity contribution in [1.82, 2.24) is 15.0 Å². The van der Waals surface area contributed by atoms with Gasteiger partial charge in [-0.2, -0.15) is 0 Å². The Morgan fingerprint density at radius 2 is 1.38 bits per heavy atom. The maximum atomic E-state index is 11.9. The third-order valence-electron chi connectivity index (χ3n) is 4.37. The van der Waals surface area contributed by atoms with E-state index in [9.17, 15) is 5.11 Å². The van der Waals surface area contributed by atoms with Gasteiger partial charge in [0, 0.05) is 24.2 Å². The van der Waals surface area contributed by atoms with Crippen LogP contribution in [0.3, 0.4) is 0 Å². The average Bonchev–Trinajstić information content (AvgIpc) is 2.81. The molecule has 4 aromatic rings. The van der Waals surface area contributed by atoms with Gasteiger partial charge < -0.3 is 5.11 Å². The molecule has 2 aromatic heterocycles. The van der Waals surface area contributed by atoms with Crippen molar-refractivity contribution in [3.63, 3.8) is 0 Å². The number of pyridine rings is 1. The van der Waals surface area contributed by atoms with Crippen LogP contribution in [0, 0.1) is 0 Å². The molecular weight excluding hydrogens is 541 g/mol. The van der Waals surface area contributed by atoms with E-state index >= 15 is 0 Å². The number of nitrogens with zero attached hydrogens (tertiary/aromatic N) is 3. The molecule has 4 rings (SSSR count). The van der Waals surface area contributed by atoms with Crippen molar-refractivity contribution < 1.29 is 16.0 Å². The summed E-state index contributed by atoms with van der Waals surface area (Å²) in [4.78, 5) is 13.0. The first kappa shape index (κ1) is 21.8. The van der Waals surface area contributed by atoms with Gasteiger partial charge in [-0.25, -0.2) is 0 Å². The third-order valence-corrected chi connectivity index (χ3v) is 4.37. The molecule has 1 atom stereocenters. The number of hydrogen-bond acceptors (Lipinski definition) is 4. The van der Waals surface area contributed by atoms with Crippen molar-refractivity contribution in [2.24, 2.45) is 0 Å². The Morgan fingerprint density at radius 3 is 2.03 bits per heavy atom. The van der Waals surface area contributed by atoms with Crippen molar-refractivity contribution in [2.45, 2.75) is 5.60 Å². The van der Waals surface area contributed by atoms with E-state index in [2.05, 4.69) is 43.4 Å². The van der Waals surface area contributed by atoms with Crippen molar-refractivity contribution in [1.29, 1.82) is 0 Å². The molecule has 0 aliphatic heterocycles. The molecule has 7 heteroatoms. The van der Waals surface area contributed by atoms with Crippen molar-refractivity contribution in [3.05, 3.63) is 115 Å². The second kappa shape index (κ2) is 10.7. The van der Waals surface area contributed by atoms with Gasteiger partial charge in [0.1, 0.15) is 5.69 Å². The van der Waals surface area contributed by atoms with Crippen molar-refractivity contribution >= 4 is 28.5 Å². The number of benzene rings is 2. The first-order valence-corrected chi connectivity index (χ1v) is 13.5. The number of halogens is 2. The normalized spacial score (nSPS) is 12.5. The molecule has 0 saturated carbocycles. The van der Waals surface area contributed by atoms with Crippen molar-refractivity contribution in [3.8, 4) is 11.1 Å². The zero-order valence-electron chi connectivity index (χ0n) is 15.1. The zero-order valence-corrected chi connectivity index (χ0v) is 19.3. The van der Waals surface area contributed by atoms with Crippen LogP contribution in [0.15, 0.2) is 97.6 Å². The third kappa shape index (κ3) is 4.99. The molecule has 1 N–H and O–H groups in total. The molecule has 29 heavy (non-hydrogen) atoms. The fourth-order valence-corrected chi connectivity index (χ4v) is 3.14. The summed E-state index contributed by atoms with van der Waals surface area (Å²) in [6.45, 7) is 0. The molecule has 2 heterocycles. The molecule has 0 spiro atoms. The minimum absolute atomic E-state index is 0.432. The second-order valence-corrected chi connectivity index (χ2v) is 11.0. The van der Waals surface area contributed by atoms with Crippen LogP contribution < -0.4 is 0 Å². The molecule has 2 aromatic carbocycles. The van der Waals surface area contributed by atoms with Crippen LogP contribution in [0.4, 0.5) is 0 Å². The van der Waals surface area contributed by atoms with Gasteiger partial charge in [-0.05, 0) is 23.3 Å². The van der Waals surface area contributed by atoms with Gasteiger partial charge in [-0.3, -0.25) is 15.0 Å². The van der Waals surface area contributed by atoms with E-state index < -0.39 is 5.60 Å². The molecular formula is C22H17Br2N3NiO. The van der Waals surface area contributed by atoms with E-state index in [-0.39, 0.29) is 0 Å². The second-order valence-electron chi connectivity index (χ2n) is 5.97. The first-order valence-electron chi connectivity index (χ1n) is 8.59. The minimum atomic E-state index is -1.51. The van der Waals surface area contributed by atoms with Crippen LogP contribution in [-0.4, -0.2) is 20.1 Å². The standard InChI is InChI=1S/C22H17N3O.2BrH.Ni/c26-22(20-12-6-7-13-24-20,21-16-23-14-15-25-21)19-11-5-4-10-18(19)17-8-2-1-3-9-17;;;/h1-16,26H;2*1H;/q;;;+2/p-2. The van der Waals surface area contributed by atoms with E-state index in [1.807, 2.05) is 66.7 Å². The van der Waals surface area contributed by atoms with Crippen LogP contribution in [0.1, 0.15) is 17.0 Å².